The highest BCUT2D eigenvalue weighted by atomic mass is 15.4. The van der Waals surface area contributed by atoms with Crippen molar-refractivity contribution in [1.29, 1.82) is 0 Å². The first kappa shape index (κ1) is 16.3. The van der Waals surface area contributed by atoms with Gasteiger partial charge in [0.05, 0.1) is 5.69 Å². The fourth-order valence-corrected chi connectivity index (χ4v) is 2.97. The van der Waals surface area contributed by atoms with Crippen molar-refractivity contribution in [2.75, 3.05) is 5.32 Å². The van der Waals surface area contributed by atoms with Gasteiger partial charge in [0.15, 0.2) is 5.65 Å². The monoisotopic (exact) mass is 343 g/mol. The third-order valence-electron chi connectivity index (χ3n) is 4.39. The van der Waals surface area contributed by atoms with Crippen molar-refractivity contribution in [3.05, 3.63) is 72.1 Å². The molecule has 0 radical (unpaired) electrons. The average molecular weight is 343 g/mol. The minimum Gasteiger partial charge on any atom is -0.323 e. The molecule has 3 heterocycles. The van der Waals surface area contributed by atoms with Crippen molar-refractivity contribution >= 4 is 17.3 Å². The Morgan fingerprint density at radius 1 is 1.00 bits per heavy atom. The Labute approximate surface area is 152 Å². The molecule has 0 unspecified atom stereocenters. The van der Waals surface area contributed by atoms with E-state index in [0.717, 1.165) is 28.3 Å². The van der Waals surface area contributed by atoms with Crippen LogP contribution in [0.1, 0.15) is 31.0 Å². The minimum atomic E-state index is 0.519. The predicted octanol–water partition coefficient (Wildman–Crippen LogP) is 4.97. The number of anilines is 2. The van der Waals surface area contributed by atoms with Crippen molar-refractivity contribution in [1.82, 2.24) is 19.6 Å². The fraction of sp³-hybridized carbons (Fsp3) is 0.190. The molecular weight excluding hydrogens is 322 g/mol. The van der Waals surface area contributed by atoms with Crippen LogP contribution in [0.4, 0.5) is 11.6 Å². The Kier molecular flexibility index (Phi) is 4.13. The first-order valence-electron chi connectivity index (χ1n) is 8.76. The second kappa shape index (κ2) is 6.59. The molecule has 0 aliphatic rings. The summed E-state index contributed by atoms with van der Waals surface area (Å²) in [6, 6.07) is 18.5. The molecule has 4 rings (SSSR count). The van der Waals surface area contributed by atoms with Gasteiger partial charge in [-0.1, -0.05) is 44.2 Å². The van der Waals surface area contributed by atoms with Gasteiger partial charge in [-0.2, -0.15) is 4.98 Å². The molecule has 1 aromatic carbocycles. The van der Waals surface area contributed by atoms with E-state index < -0.39 is 0 Å². The van der Waals surface area contributed by atoms with E-state index in [2.05, 4.69) is 64.6 Å². The summed E-state index contributed by atoms with van der Waals surface area (Å²) in [4.78, 5) is 8.80. The molecule has 3 aromatic heterocycles. The van der Waals surface area contributed by atoms with Crippen LogP contribution in [0, 0.1) is 6.92 Å². The molecule has 5 heteroatoms. The Morgan fingerprint density at radius 2 is 1.81 bits per heavy atom. The van der Waals surface area contributed by atoms with Gasteiger partial charge in [0.1, 0.15) is 0 Å². The largest absolute Gasteiger partial charge is 0.323 e. The van der Waals surface area contributed by atoms with E-state index in [-0.39, 0.29) is 0 Å². The van der Waals surface area contributed by atoms with Crippen molar-refractivity contribution < 1.29 is 0 Å². The molecule has 0 bridgehead atoms. The second-order valence-corrected chi connectivity index (χ2v) is 6.70. The standard InChI is InChI=1S/C21H21N5/c1-14(2)16-7-9-17(10-8-16)19-5-4-6-20-24-21(25-26(19)20)23-18-11-12-22-15(3)13-18/h4-14H,1-3H3,(H,22,23,25). The summed E-state index contributed by atoms with van der Waals surface area (Å²) in [7, 11) is 0. The van der Waals surface area contributed by atoms with Gasteiger partial charge in [-0.25, -0.2) is 4.52 Å². The maximum Gasteiger partial charge on any atom is 0.247 e. The highest BCUT2D eigenvalue weighted by Crippen LogP contribution is 2.24. The minimum absolute atomic E-state index is 0.519. The molecule has 130 valence electrons. The number of aryl methyl sites for hydroxylation is 1. The predicted molar refractivity (Wildman–Crippen MR) is 105 cm³/mol. The summed E-state index contributed by atoms with van der Waals surface area (Å²) in [5, 5.41) is 7.90. The summed E-state index contributed by atoms with van der Waals surface area (Å²) in [5.74, 6) is 1.09. The lowest BCUT2D eigenvalue weighted by Gasteiger charge is -2.08. The van der Waals surface area contributed by atoms with Gasteiger partial charge >= 0.3 is 0 Å². The highest BCUT2D eigenvalue weighted by Gasteiger charge is 2.10. The maximum atomic E-state index is 4.65. The molecule has 5 nitrogen and oxygen atoms in total. The first-order chi connectivity index (χ1) is 12.6. The fourth-order valence-electron chi connectivity index (χ4n) is 2.97. The molecule has 0 aliphatic carbocycles. The van der Waals surface area contributed by atoms with E-state index in [1.807, 2.05) is 35.7 Å². The number of nitrogens with zero attached hydrogens (tertiary/aromatic N) is 4. The molecule has 1 N–H and O–H groups in total. The smallest absolute Gasteiger partial charge is 0.247 e. The topological polar surface area (TPSA) is 55.1 Å². The Morgan fingerprint density at radius 3 is 2.54 bits per heavy atom. The van der Waals surface area contributed by atoms with E-state index in [1.165, 1.54) is 5.56 Å². The Hall–Kier alpha value is -3.21. The summed E-state index contributed by atoms with van der Waals surface area (Å²) >= 11 is 0. The van der Waals surface area contributed by atoms with Gasteiger partial charge < -0.3 is 5.32 Å². The number of pyridine rings is 2. The molecular formula is C21H21N5. The van der Waals surface area contributed by atoms with Crippen LogP contribution in [-0.4, -0.2) is 19.6 Å². The van der Waals surface area contributed by atoms with Crippen molar-refractivity contribution in [2.24, 2.45) is 0 Å². The number of hydrogen-bond acceptors (Lipinski definition) is 4. The number of aromatic nitrogens is 4. The number of rotatable bonds is 4. The highest BCUT2D eigenvalue weighted by molar-refractivity contribution is 5.65. The van der Waals surface area contributed by atoms with Crippen LogP contribution in [0.5, 0.6) is 0 Å². The van der Waals surface area contributed by atoms with Crippen LogP contribution in [0.2, 0.25) is 0 Å². The molecule has 26 heavy (non-hydrogen) atoms. The van der Waals surface area contributed by atoms with Crippen molar-refractivity contribution in [3.63, 3.8) is 0 Å². The molecule has 0 amide bonds. The number of hydrogen-bond donors (Lipinski definition) is 1. The van der Waals surface area contributed by atoms with Crippen molar-refractivity contribution in [2.45, 2.75) is 26.7 Å². The number of benzene rings is 1. The van der Waals surface area contributed by atoms with Gasteiger partial charge in [-0.05, 0) is 42.7 Å². The summed E-state index contributed by atoms with van der Waals surface area (Å²) in [6.45, 7) is 6.36. The lowest BCUT2D eigenvalue weighted by Crippen LogP contribution is -1.96. The van der Waals surface area contributed by atoms with E-state index >= 15 is 0 Å². The lowest BCUT2D eigenvalue weighted by molar-refractivity contribution is 0.866. The lowest BCUT2D eigenvalue weighted by atomic mass is 10.0. The van der Waals surface area contributed by atoms with Crippen LogP contribution >= 0.6 is 0 Å². The Bertz CT molecular complexity index is 1050. The van der Waals surface area contributed by atoms with Crippen molar-refractivity contribution in [3.8, 4) is 11.3 Å². The molecule has 0 spiro atoms. The molecule has 0 saturated carbocycles. The zero-order valence-electron chi connectivity index (χ0n) is 15.1. The molecule has 0 fully saturated rings. The Balaban J connectivity index is 1.71. The summed E-state index contributed by atoms with van der Waals surface area (Å²) < 4.78 is 1.88. The second-order valence-electron chi connectivity index (χ2n) is 6.70. The first-order valence-corrected chi connectivity index (χ1v) is 8.76. The number of fused-ring (bicyclic) bond motifs is 1. The average Bonchev–Trinajstić information content (AvgIpc) is 3.04. The number of nitrogens with one attached hydrogen (secondary N) is 1. The molecule has 4 aromatic rings. The van der Waals surface area contributed by atoms with Crippen LogP contribution in [0.15, 0.2) is 60.8 Å². The van der Waals surface area contributed by atoms with Crippen LogP contribution in [-0.2, 0) is 0 Å². The SMILES string of the molecule is Cc1cc(Nc2nc3cccc(-c4ccc(C(C)C)cc4)n3n2)ccn1. The third kappa shape index (κ3) is 3.16. The normalized spacial score (nSPS) is 11.2. The zero-order chi connectivity index (χ0) is 18.1. The van der Waals surface area contributed by atoms with Gasteiger partial charge in [-0.3, -0.25) is 4.98 Å². The van der Waals surface area contributed by atoms with Gasteiger partial charge in [-0.15, -0.1) is 5.10 Å². The van der Waals surface area contributed by atoms with Gasteiger partial charge in [0, 0.05) is 23.1 Å². The van der Waals surface area contributed by atoms with E-state index in [4.69, 9.17) is 0 Å². The zero-order valence-corrected chi connectivity index (χ0v) is 15.1. The molecule has 0 saturated heterocycles. The quantitative estimate of drug-likeness (QED) is 0.568. The van der Waals surface area contributed by atoms with Crippen LogP contribution in [0.25, 0.3) is 16.9 Å². The van der Waals surface area contributed by atoms with E-state index in [1.54, 1.807) is 6.20 Å². The van der Waals surface area contributed by atoms with Crippen LogP contribution < -0.4 is 5.32 Å². The maximum absolute atomic E-state index is 4.65. The van der Waals surface area contributed by atoms with E-state index in [9.17, 15) is 0 Å². The summed E-state index contributed by atoms with van der Waals surface area (Å²) in [6.07, 6.45) is 1.77. The third-order valence-corrected chi connectivity index (χ3v) is 4.39. The van der Waals surface area contributed by atoms with Gasteiger partial charge in [0.2, 0.25) is 5.95 Å². The molecule has 0 aliphatic heterocycles. The van der Waals surface area contributed by atoms with Gasteiger partial charge in [0.25, 0.3) is 0 Å². The summed E-state index contributed by atoms with van der Waals surface area (Å²) in [5.41, 5.74) is 6.15. The van der Waals surface area contributed by atoms with E-state index in [0.29, 0.717) is 11.9 Å². The molecule has 0 atom stereocenters. The van der Waals surface area contributed by atoms with Crippen LogP contribution in [0.3, 0.4) is 0 Å².